The van der Waals surface area contributed by atoms with E-state index in [0.29, 0.717) is 12.5 Å². The molecular weight excluding hydrogens is 190 g/mol. The van der Waals surface area contributed by atoms with E-state index >= 15 is 0 Å². The van der Waals surface area contributed by atoms with Gasteiger partial charge in [-0.1, -0.05) is 38.1 Å². The summed E-state index contributed by atoms with van der Waals surface area (Å²) in [7, 11) is 0. The number of hydroxylamine groups is 1. The third-order valence-corrected chi connectivity index (χ3v) is 2.19. The molecule has 1 aromatic carbocycles. The number of nitrogens with two attached hydrogens (primary N) is 1. The smallest absolute Gasteiger partial charge is 0.213 e. The minimum atomic E-state index is 0.0305. The van der Waals surface area contributed by atoms with Gasteiger partial charge in [0.25, 0.3) is 0 Å². The van der Waals surface area contributed by atoms with E-state index < -0.39 is 0 Å². The van der Waals surface area contributed by atoms with Crippen LogP contribution < -0.4 is 11.2 Å². The topological polar surface area (TPSA) is 70.6 Å². The van der Waals surface area contributed by atoms with Crippen LogP contribution >= 0.6 is 0 Å². The van der Waals surface area contributed by atoms with Gasteiger partial charge in [-0.05, 0) is 17.0 Å². The first-order valence-corrected chi connectivity index (χ1v) is 4.92. The number of hydrogen-bond donors (Lipinski definition) is 3. The molecule has 0 spiro atoms. The van der Waals surface area contributed by atoms with Crippen LogP contribution in [-0.4, -0.2) is 11.2 Å². The summed E-state index contributed by atoms with van der Waals surface area (Å²) in [6.45, 7) is 4.78. The lowest BCUT2D eigenvalue weighted by atomic mass is 10.0. The van der Waals surface area contributed by atoms with Crippen LogP contribution in [0.2, 0.25) is 0 Å². The number of hydrogen-bond acceptors (Lipinski definition) is 2. The average molecular weight is 207 g/mol. The number of nitrogens with zero attached hydrogens (tertiary/aromatic N) is 1. The Balaban J connectivity index is 2.65. The minimum Gasteiger partial charge on any atom is -0.368 e. The Hall–Kier alpha value is -1.55. The van der Waals surface area contributed by atoms with Gasteiger partial charge in [-0.3, -0.25) is 5.21 Å². The quantitative estimate of drug-likeness (QED) is 0.400. The van der Waals surface area contributed by atoms with Crippen LogP contribution in [0.25, 0.3) is 0 Å². The van der Waals surface area contributed by atoms with Crippen molar-refractivity contribution in [1.29, 1.82) is 0 Å². The third-order valence-electron chi connectivity index (χ3n) is 2.19. The Kier molecular flexibility index (Phi) is 4.12. The molecule has 0 radical (unpaired) electrons. The van der Waals surface area contributed by atoms with Crippen molar-refractivity contribution in [2.45, 2.75) is 26.3 Å². The zero-order valence-corrected chi connectivity index (χ0v) is 9.07. The van der Waals surface area contributed by atoms with Crippen molar-refractivity contribution in [2.75, 3.05) is 0 Å². The van der Waals surface area contributed by atoms with Gasteiger partial charge in [0.2, 0.25) is 5.96 Å². The number of aliphatic imine (C=N–C) groups is 1. The second-order valence-corrected chi connectivity index (χ2v) is 3.71. The van der Waals surface area contributed by atoms with E-state index in [4.69, 9.17) is 10.9 Å². The first-order chi connectivity index (χ1) is 7.13. The normalized spacial score (nSPS) is 11.9. The molecule has 4 nitrogen and oxygen atoms in total. The Morgan fingerprint density at radius 3 is 2.47 bits per heavy atom. The molecule has 0 saturated heterocycles. The summed E-state index contributed by atoms with van der Waals surface area (Å²) in [4.78, 5) is 3.92. The molecule has 0 bridgehead atoms. The molecule has 0 aromatic heterocycles. The molecule has 82 valence electrons. The van der Waals surface area contributed by atoms with Crippen molar-refractivity contribution < 1.29 is 5.21 Å². The van der Waals surface area contributed by atoms with Crippen molar-refractivity contribution in [3.63, 3.8) is 0 Å². The molecule has 0 atom stereocenters. The van der Waals surface area contributed by atoms with E-state index in [9.17, 15) is 0 Å². The van der Waals surface area contributed by atoms with Crippen LogP contribution in [0.15, 0.2) is 29.3 Å². The van der Waals surface area contributed by atoms with Gasteiger partial charge >= 0.3 is 0 Å². The highest BCUT2D eigenvalue weighted by Gasteiger charge is 1.98. The molecule has 1 aromatic rings. The molecular formula is C11H17N3O. The number of guanidine groups is 1. The van der Waals surface area contributed by atoms with Crippen molar-refractivity contribution in [3.8, 4) is 0 Å². The predicted octanol–water partition coefficient (Wildman–Crippen LogP) is 1.60. The van der Waals surface area contributed by atoms with Gasteiger partial charge in [0.1, 0.15) is 0 Å². The number of rotatable bonds is 3. The van der Waals surface area contributed by atoms with Crippen LogP contribution in [0.5, 0.6) is 0 Å². The van der Waals surface area contributed by atoms with Crippen LogP contribution in [0.1, 0.15) is 30.9 Å². The zero-order valence-electron chi connectivity index (χ0n) is 9.07. The fourth-order valence-electron chi connectivity index (χ4n) is 1.22. The lowest BCUT2D eigenvalue weighted by Gasteiger charge is -2.05. The molecule has 0 aliphatic carbocycles. The molecule has 1 rings (SSSR count). The van der Waals surface area contributed by atoms with Crippen LogP contribution in [0, 0.1) is 0 Å². The van der Waals surface area contributed by atoms with E-state index in [1.807, 2.05) is 12.1 Å². The predicted molar refractivity (Wildman–Crippen MR) is 60.8 cm³/mol. The Morgan fingerprint density at radius 1 is 1.40 bits per heavy atom. The van der Waals surface area contributed by atoms with E-state index in [0.717, 1.165) is 5.56 Å². The molecule has 0 heterocycles. The summed E-state index contributed by atoms with van der Waals surface area (Å²) in [6, 6.07) is 8.20. The SMILES string of the molecule is CC(C)c1ccc(CN=C(N)NO)cc1. The van der Waals surface area contributed by atoms with E-state index in [1.54, 1.807) is 5.48 Å². The summed E-state index contributed by atoms with van der Waals surface area (Å²) < 4.78 is 0. The fourth-order valence-corrected chi connectivity index (χ4v) is 1.22. The highest BCUT2D eigenvalue weighted by Crippen LogP contribution is 2.14. The fraction of sp³-hybridized carbons (Fsp3) is 0.364. The summed E-state index contributed by atoms with van der Waals surface area (Å²) >= 11 is 0. The summed E-state index contributed by atoms with van der Waals surface area (Å²) in [5.74, 6) is 0.565. The van der Waals surface area contributed by atoms with Crippen LogP contribution in [0.3, 0.4) is 0 Å². The van der Waals surface area contributed by atoms with Gasteiger partial charge in [-0.25, -0.2) is 10.5 Å². The van der Waals surface area contributed by atoms with Gasteiger partial charge in [0.15, 0.2) is 0 Å². The third kappa shape index (κ3) is 3.59. The van der Waals surface area contributed by atoms with Crippen molar-refractivity contribution in [2.24, 2.45) is 10.7 Å². The summed E-state index contributed by atoms with van der Waals surface area (Å²) in [5, 5.41) is 8.42. The van der Waals surface area contributed by atoms with Crippen molar-refractivity contribution >= 4 is 5.96 Å². The van der Waals surface area contributed by atoms with E-state index in [2.05, 4.69) is 31.0 Å². The maximum Gasteiger partial charge on any atom is 0.213 e. The maximum atomic E-state index is 8.42. The lowest BCUT2D eigenvalue weighted by molar-refractivity contribution is 0.232. The molecule has 0 aliphatic rings. The molecule has 4 N–H and O–H groups in total. The Morgan fingerprint density at radius 2 is 2.00 bits per heavy atom. The first-order valence-electron chi connectivity index (χ1n) is 4.92. The van der Waals surface area contributed by atoms with Gasteiger partial charge in [-0.15, -0.1) is 0 Å². The largest absolute Gasteiger partial charge is 0.368 e. The van der Waals surface area contributed by atoms with E-state index in [1.165, 1.54) is 5.56 Å². The highest BCUT2D eigenvalue weighted by atomic mass is 16.5. The summed E-state index contributed by atoms with van der Waals surface area (Å²) in [6.07, 6.45) is 0. The van der Waals surface area contributed by atoms with Crippen LogP contribution in [-0.2, 0) is 6.54 Å². The average Bonchev–Trinajstić information content (AvgIpc) is 2.26. The molecule has 0 aliphatic heterocycles. The lowest BCUT2D eigenvalue weighted by Crippen LogP contribution is -2.28. The van der Waals surface area contributed by atoms with E-state index in [-0.39, 0.29) is 5.96 Å². The second kappa shape index (κ2) is 5.36. The second-order valence-electron chi connectivity index (χ2n) is 3.71. The summed E-state index contributed by atoms with van der Waals surface area (Å²) in [5.41, 5.74) is 9.45. The Bertz CT molecular complexity index is 330. The molecule has 4 heteroatoms. The van der Waals surface area contributed by atoms with Gasteiger partial charge in [0, 0.05) is 0 Å². The van der Waals surface area contributed by atoms with Crippen LogP contribution in [0.4, 0.5) is 0 Å². The number of benzene rings is 1. The number of nitrogens with one attached hydrogen (secondary N) is 1. The molecule has 0 fully saturated rings. The minimum absolute atomic E-state index is 0.0305. The molecule has 0 unspecified atom stereocenters. The first kappa shape index (κ1) is 11.5. The van der Waals surface area contributed by atoms with Crippen molar-refractivity contribution in [3.05, 3.63) is 35.4 Å². The Labute approximate surface area is 89.8 Å². The molecule has 0 saturated carbocycles. The monoisotopic (exact) mass is 207 g/mol. The zero-order chi connectivity index (χ0) is 11.3. The standard InChI is InChI=1S/C11H17N3O/c1-8(2)10-5-3-9(4-6-10)7-13-11(12)14-15/h3-6,8,15H,7H2,1-2H3,(H3,12,13,14). The van der Waals surface area contributed by atoms with Gasteiger partial charge < -0.3 is 5.73 Å². The van der Waals surface area contributed by atoms with Gasteiger partial charge in [0.05, 0.1) is 6.54 Å². The highest BCUT2D eigenvalue weighted by molar-refractivity contribution is 5.76. The van der Waals surface area contributed by atoms with Crippen molar-refractivity contribution in [1.82, 2.24) is 5.48 Å². The molecule has 15 heavy (non-hydrogen) atoms. The maximum absolute atomic E-state index is 8.42. The molecule has 0 amide bonds. The van der Waals surface area contributed by atoms with Gasteiger partial charge in [-0.2, -0.15) is 0 Å².